The molecule has 0 aliphatic carbocycles. The van der Waals surface area contributed by atoms with E-state index in [9.17, 15) is 4.79 Å². The Balaban J connectivity index is 1.28. The molecule has 27 heavy (non-hydrogen) atoms. The first kappa shape index (κ1) is 17.4. The molecule has 3 aromatic rings. The Kier molecular flexibility index (Phi) is 5.20. The van der Waals surface area contributed by atoms with E-state index >= 15 is 0 Å². The van der Waals surface area contributed by atoms with E-state index in [0.717, 1.165) is 31.1 Å². The first-order valence-electron chi connectivity index (χ1n) is 9.03. The Hall–Kier alpha value is -3.06. The largest absolute Gasteiger partial charge is 0.471 e. The highest BCUT2D eigenvalue weighted by molar-refractivity contribution is 5.92. The van der Waals surface area contributed by atoms with Gasteiger partial charge in [0.25, 0.3) is 5.91 Å². The molecule has 0 radical (unpaired) electrons. The van der Waals surface area contributed by atoms with Gasteiger partial charge in [0.15, 0.2) is 12.4 Å². The van der Waals surface area contributed by atoms with Gasteiger partial charge in [-0.3, -0.25) is 9.69 Å². The molecular weight excluding hydrogens is 344 g/mol. The summed E-state index contributed by atoms with van der Waals surface area (Å²) in [4.78, 5) is 16.8. The van der Waals surface area contributed by atoms with E-state index in [1.54, 1.807) is 23.2 Å². The number of amides is 1. The molecule has 0 spiro atoms. The highest BCUT2D eigenvalue weighted by atomic mass is 16.5. The minimum absolute atomic E-state index is 0.0360. The summed E-state index contributed by atoms with van der Waals surface area (Å²) in [5.74, 6) is 1.69. The molecule has 140 valence electrons. The van der Waals surface area contributed by atoms with Crippen LogP contribution in [0.3, 0.4) is 0 Å². The van der Waals surface area contributed by atoms with Crippen molar-refractivity contribution in [2.75, 3.05) is 26.2 Å². The van der Waals surface area contributed by atoms with Crippen LogP contribution in [0.15, 0.2) is 65.4 Å². The number of hydrogen-bond donors (Lipinski definition) is 0. The van der Waals surface area contributed by atoms with E-state index in [0.29, 0.717) is 18.8 Å². The van der Waals surface area contributed by atoms with Crippen LogP contribution >= 0.6 is 0 Å². The predicted octanol–water partition coefficient (Wildman–Crippen LogP) is 2.47. The lowest BCUT2D eigenvalue weighted by atomic mass is 10.2. The van der Waals surface area contributed by atoms with Crippen molar-refractivity contribution < 1.29 is 13.9 Å². The topological polar surface area (TPSA) is 63.7 Å². The van der Waals surface area contributed by atoms with Crippen LogP contribution in [-0.2, 0) is 13.3 Å². The fourth-order valence-electron chi connectivity index (χ4n) is 3.10. The molecule has 1 saturated heterocycles. The van der Waals surface area contributed by atoms with Gasteiger partial charge in [0, 0.05) is 32.4 Å². The highest BCUT2D eigenvalue weighted by Gasteiger charge is 2.24. The van der Waals surface area contributed by atoms with E-state index in [1.165, 1.54) is 0 Å². The van der Waals surface area contributed by atoms with Crippen molar-refractivity contribution in [3.8, 4) is 5.75 Å². The number of benzene rings is 1. The molecule has 1 amide bonds. The average molecular weight is 366 g/mol. The third-order valence-corrected chi connectivity index (χ3v) is 4.59. The Morgan fingerprint density at radius 1 is 1.04 bits per heavy atom. The lowest BCUT2D eigenvalue weighted by molar-refractivity contribution is 0.0613. The fourth-order valence-corrected chi connectivity index (χ4v) is 3.10. The van der Waals surface area contributed by atoms with Gasteiger partial charge in [-0.1, -0.05) is 18.2 Å². The van der Waals surface area contributed by atoms with Crippen LogP contribution in [-0.4, -0.2) is 51.7 Å². The number of carbonyl (C=O) groups is 1. The van der Waals surface area contributed by atoms with Gasteiger partial charge in [-0.15, -0.1) is 0 Å². The minimum Gasteiger partial charge on any atom is -0.471 e. The molecular formula is C20H22N4O3. The summed E-state index contributed by atoms with van der Waals surface area (Å²) < 4.78 is 12.7. The van der Waals surface area contributed by atoms with Crippen LogP contribution in [0, 0.1) is 0 Å². The number of rotatable bonds is 6. The van der Waals surface area contributed by atoms with Crippen molar-refractivity contribution in [1.29, 1.82) is 0 Å². The Morgan fingerprint density at radius 3 is 2.59 bits per heavy atom. The molecule has 0 N–H and O–H groups in total. The zero-order chi connectivity index (χ0) is 18.5. The quantitative estimate of drug-likeness (QED) is 0.671. The van der Waals surface area contributed by atoms with Gasteiger partial charge in [0.1, 0.15) is 11.5 Å². The van der Waals surface area contributed by atoms with Crippen molar-refractivity contribution in [1.82, 2.24) is 19.6 Å². The Bertz CT molecular complexity index is 853. The molecule has 4 rings (SSSR count). The number of carbonyl (C=O) groups excluding carboxylic acids is 1. The summed E-state index contributed by atoms with van der Waals surface area (Å²) in [7, 11) is 0. The van der Waals surface area contributed by atoms with Crippen molar-refractivity contribution in [2.45, 2.75) is 13.3 Å². The number of piperazine rings is 1. The number of nitrogens with zero attached hydrogens (tertiary/aromatic N) is 4. The Labute approximate surface area is 157 Å². The van der Waals surface area contributed by atoms with Gasteiger partial charge in [-0.2, -0.15) is 5.10 Å². The van der Waals surface area contributed by atoms with E-state index in [1.807, 2.05) is 47.4 Å². The van der Waals surface area contributed by atoms with Crippen LogP contribution in [0.4, 0.5) is 0 Å². The van der Waals surface area contributed by atoms with Gasteiger partial charge in [0.05, 0.1) is 12.8 Å². The van der Waals surface area contributed by atoms with Crippen LogP contribution < -0.4 is 4.74 Å². The molecule has 7 nitrogen and oxygen atoms in total. The highest BCUT2D eigenvalue weighted by Crippen LogP contribution is 2.12. The predicted molar refractivity (Wildman–Crippen MR) is 99.2 cm³/mol. The molecule has 0 saturated carbocycles. The first-order valence-corrected chi connectivity index (χ1v) is 9.03. The number of ether oxygens (including phenoxy) is 1. The summed E-state index contributed by atoms with van der Waals surface area (Å²) in [6.45, 7) is 4.07. The van der Waals surface area contributed by atoms with Crippen LogP contribution in [0.2, 0.25) is 0 Å². The van der Waals surface area contributed by atoms with Crippen LogP contribution in [0.1, 0.15) is 16.2 Å². The third kappa shape index (κ3) is 4.38. The maximum absolute atomic E-state index is 12.7. The lowest BCUT2D eigenvalue weighted by Gasteiger charge is -2.33. The molecule has 1 aromatic carbocycles. The molecule has 0 atom stereocenters. The minimum atomic E-state index is -0.0360. The second kappa shape index (κ2) is 8.09. The van der Waals surface area contributed by atoms with Crippen molar-refractivity contribution in [2.24, 2.45) is 0 Å². The second-order valence-corrected chi connectivity index (χ2v) is 6.47. The SMILES string of the molecule is O=C(c1ccn(COc2ccccc2)n1)N1CCN(Cc2ccco2)CC1. The van der Waals surface area contributed by atoms with Gasteiger partial charge in [-0.25, -0.2) is 4.68 Å². The van der Waals surface area contributed by atoms with Crippen LogP contribution in [0.5, 0.6) is 5.75 Å². The zero-order valence-corrected chi connectivity index (χ0v) is 15.0. The normalized spacial score (nSPS) is 15.0. The van der Waals surface area contributed by atoms with Gasteiger partial charge >= 0.3 is 0 Å². The fraction of sp³-hybridized carbons (Fsp3) is 0.300. The molecule has 2 aromatic heterocycles. The molecule has 3 heterocycles. The molecule has 1 aliphatic rings. The number of furan rings is 1. The number of para-hydroxylation sites is 1. The molecule has 7 heteroatoms. The monoisotopic (exact) mass is 366 g/mol. The summed E-state index contributed by atoms with van der Waals surface area (Å²) in [5, 5.41) is 4.35. The summed E-state index contributed by atoms with van der Waals surface area (Å²) in [6, 6.07) is 15.2. The number of hydrogen-bond acceptors (Lipinski definition) is 5. The zero-order valence-electron chi connectivity index (χ0n) is 15.0. The summed E-state index contributed by atoms with van der Waals surface area (Å²) >= 11 is 0. The standard InChI is InChI=1S/C20H22N4O3/c25-20(23-12-10-22(11-13-23)15-18-7-4-14-26-18)19-8-9-24(21-19)16-27-17-5-2-1-3-6-17/h1-9,14H,10-13,15-16H2. The van der Waals surface area contributed by atoms with E-state index < -0.39 is 0 Å². The van der Waals surface area contributed by atoms with Gasteiger partial charge < -0.3 is 14.1 Å². The van der Waals surface area contributed by atoms with Gasteiger partial charge in [-0.05, 0) is 30.3 Å². The second-order valence-electron chi connectivity index (χ2n) is 6.47. The maximum Gasteiger partial charge on any atom is 0.274 e. The Morgan fingerprint density at radius 2 is 1.85 bits per heavy atom. The van der Waals surface area contributed by atoms with E-state index in [-0.39, 0.29) is 12.6 Å². The van der Waals surface area contributed by atoms with E-state index in [2.05, 4.69) is 10.00 Å². The van der Waals surface area contributed by atoms with Crippen molar-refractivity contribution in [3.63, 3.8) is 0 Å². The van der Waals surface area contributed by atoms with Crippen molar-refractivity contribution in [3.05, 3.63) is 72.4 Å². The first-order chi connectivity index (χ1) is 13.3. The van der Waals surface area contributed by atoms with Crippen molar-refractivity contribution >= 4 is 5.91 Å². The van der Waals surface area contributed by atoms with E-state index in [4.69, 9.17) is 9.15 Å². The summed E-state index contributed by atoms with van der Waals surface area (Å²) in [6.07, 6.45) is 3.45. The number of aromatic nitrogens is 2. The van der Waals surface area contributed by atoms with Gasteiger partial charge in [0.2, 0.25) is 0 Å². The molecule has 0 bridgehead atoms. The van der Waals surface area contributed by atoms with Crippen LogP contribution in [0.25, 0.3) is 0 Å². The molecule has 0 unspecified atom stereocenters. The third-order valence-electron chi connectivity index (χ3n) is 4.59. The average Bonchev–Trinajstić information content (AvgIpc) is 3.39. The smallest absolute Gasteiger partial charge is 0.274 e. The maximum atomic E-state index is 12.7. The molecule has 1 aliphatic heterocycles. The summed E-state index contributed by atoms with van der Waals surface area (Å²) in [5.41, 5.74) is 0.450. The lowest BCUT2D eigenvalue weighted by Crippen LogP contribution is -2.48. The molecule has 1 fully saturated rings.